The zero-order chi connectivity index (χ0) is 13.5. The molecule has 2 heteroatoms. The third-order valence-electron chi connectivity index (χ3n) is 3.10. The van der Waals surface area contributed by atoms with Gasteiger partial charge >= 0.3 is 0 Å². The number of rotatable bonds is 5. The Hall–Kier alpha value is -2.27. The molecule has 2 aromatic rings. The molecule has 0 saturated heterocycles. The number of nitrogens with one attached hydrogen (secondary N) is 1. The van der Waals surface area contributed by atoms with Crippen LogP contribution in [0.4, 0.5) is 5.69 Å². The summed E-state index contributed by atoms with van der Waals surface area (Å²) in [6, 6.07) is 18.6. The van der Waals surface area contributed by atoms with Crippen molar-refractivity contribution in [3.8, 4) is 6.07 Å². The van der Waals surface area contributed by atoms with E-state index in [0.717, 1.165) is 36.2 Å². The molecule has 0 aromatic heterocycles. The van der Waals surface area contributed by atoms with Gasteiger partial charge in [-0.3, -0.25) is 0 Å². The van der Waals surface area contributed by atoms with Crippen molar-refractivity contribution >= 4 is 5.69 Å². The van der Waals surface area contributed by atoms with Crippen LogP contribution in [0.1, 0.15) is 23.1 Å². The number of benzene rings is 2. The highest BCUT2D eigenvalue weighted by molar-refractivity contribution is 5.58. The lowest BCUT2D eigenvalue weighted by Crippen LogP contribution is -2.04. The second-order valence-corrected chi connectivity index (χ2v) is 4.68. The third-order valence-corrected chi connectivity index (χ3v) is 3.10. The molecule has 0 heterocycles. The number of nitriles is 1. The zero-order valence-corrected chi connectivity index (χ0v) is 11.2. The summed E-state index contributed by atoms with van der Waals surface area (Å²) < 4.78 is 0. The Balaban J connectivity index is 1.85. The lowest BCUT2D eigenvalue weighted by atomic mass is 10.1. The van der Waals surface area contributed by atoms with Crippen LogP contribution in [0.3, 0.4) is 0 Å². The molecule has 1 N–H and O–H groups in total. The van der Waals surface area contributed by atoms with Crippen molar-refractivity contribution in [2.75, 3.05) is 11.9 Å². The minimum atomic E-state index is 0.722. The molecule has 0 fully saturated rings. The minimum Gasteiger partial charge on any atom is -0.384 e. The number of nitrogens with zero attached hydrogens (tertiary/aromatic N) is 1. The van der Waals surface area contributed by atoms with Crippen LogP contribution >= 0.6 is 0 Å². The van der Waals surface area contributed by atoms with Gasteiger partial charge in [0.1, 0.15) is 6.07 Å². The molecule has 0 aliphatic heterocycles. The Morgan fingerprint density at radius 2 is 1.89 bits per heavy atom. The maximum absolute atomic E-state index is 9.09. The van der Waals surface area contributed by atoms with Crippen LogP contribution < -0.4 is 5.32 Å². The van der Waals surface area contributed by atoms with E-state index in [-0.39, 0.29) is 0 Å². The highest BCUT2D eigenvalue weighted by Gasteiger charge is 2.01. The van der Waals surface area contributed by atoms with Crippen molar-refractivity contribution in [2.24, 2.45) is 0 Å². The maximum atomic E-state index is 9.09. The molecule has 0 amide bonds. The first-order valence-electron chi connectivity index (χ1n) is 6.58. The van der Waals surface area contributed by atoms with Gasteiger partial charge in [0.15, 0.2) is 0 Å². The molecule has 0 saturated carbocycles. The number of anilines is 1. The van der Waals surface area contributed by atoms with E-state index in [1.807, 2.05) is 31.2 Å². The van der Waals surface area contributed by atoms with E-state index in [0.29, 0.717) is 0 Å². The van der Waals surface area contributed by atoms with Crippen LogP contribution in [-0.4, -0.2) is 6.54 Å². The van der Waals surface area contributed by atoms with Gasteiger partial charge in [-0.2, -0.15) is 5.26 Å². The van der Waals surface area contributed by atoms with Crippen LogP contribution in [0.2, 0.25) is 0 Å². The predicted octanol–water partition coefficient (Wildman–Crippen LogP) is 3.91. The molecule has 0 radical (unpaired) electrons. The predicted molar refractivity (Wildman–Crippen MR) is 79.1 cm³/mol. The summed E-state index contributed by atoms with van der Waals surface area (Å²) in [4.78, 5) is 0. The monoisotopic (exact) mass is 250 g/mol. The zero-order valence-electron chi connectivity index (χ0n) is 11.2. The van der Waals surface area contributed by atoms with Crippen LogP contribution in [0.25, 0.3) is 0 Å². The average Bonchev–Trinajstić information content (AvgIpc) is 2.46. The highest BCUT2D eigenvalue weighted by Crippen LogP contribution is 2.16. The van der Waals surface area contributed by atoms with E-state index >= 15 is 0 Å². The lowest BCUT2D eigenvalue weighted by Gasteiger charge is -2.08. The summed E-state index contributed by atoms with van der Waals surface area (Å²) in [5, 5.41) is 12.4. The lowest BCUT2D eigenvalue weighted by molar-refractivity contribution is 0.863. The summed E-state index contributed by atoms with van der Waals surface area (Å²) in [6.07, 6.45) is 2.12. The Labute approximate surface area is 114 Å². The fourth-order valence-electron chi connectivity index (χ4n) is 2.06. The van der Waals surface area contributed by atoms with Crippen LogP contribution in [0.5, 0.6) is 0 Å². The van der Waals surface area contributed by atoms with E-state index in [2.05, 4.69) is 35.7 Å². The van der Waals surface area contributed by atoms with E-state index < -0.39 is 0 Å². The van der Waals surface area contributed by atoms with Gasteiger partial charge in [-0.1, -0.05) is 36.4 Å². The molecule has 96 valence electrons. The van der Waals surface area contributed by atoms with Gasteiger partial charge < -0.3 is 5.32 Å². The largest absolute Gasteiger partial charge is 0.384 e. The Bertz CT molecular complexity index is 568. The van der Waals surface area contributed by atoms with Crippen molar-refractivity contribution in [3.63, 3.8) is 0 Å². The highest BCUT2D eigenvalue weighted by atomic mass is 14.9. The first kappa shape index (κ1) is 13.2. The van der Waals surface area contributed by atoms with E-state index in [9.17, 15) is 0 Å². The molecular formula is C17H18N2. The van der Waals surface area contributed by atoms with Crippen molar-refractivity contribution < 1.29 is 0 Å². The van der Waals surface area contributed by atoms with Crippen LogP contribution in [-0.2, 0) is 6.42 Å². The molecule has 0 spiro atoms. The van der Waals surface area contributed by atoms with E-state index in [4.69, 9.17) is 5.26 Å². The SMILES string of the molecule is Cc1ccc(NCCCc2ccccc2)c(C#N)c1. The molecular weight excluding hydrogens is 232 g/mol. The van der Waals surface area contributed by atoms with E-state index in [1.165, 1.54) is 5.56 Å². The topological polar surface area (TPSA) is 35.8 Å². The van der Waals surface area contributed by atoms with Crippen LogP contribution in [0.15, 0.2) is 48.5 Å². The van der Waals surface area contributed by atoms with Crippen molar-refractivity contribution in [2.45, 2.75) is 19.8 Å². The normalized spacial score (nSPS) is 9.89. The average molecular weight is 250 g/mol. The Morgan fingerprint density at radius 3 is 2.63 bits per heavy atom. The number of hydrogen-bond donors (Lipinski definition) is 1. The number of aryl methyl sites for hydroxylation is 2. The smallest absolute Gasteiger partial charge is 0.101 e. The summed E-state index contributed by atoms with van der Waals surface area (Å²) >= 11 is 0. The van der Waals surface area contributed by atoms with Crippen molar-refractivity contribution in [1.29, 1.82) is 5.26 Å². The molecule has 0 aliphatic carbocycles. The number of hydrogen-bond acceptors (Lipinski definition) is 2. The van der Waals surface area contributed by atoms with Crippen LogP contribution in [0, 0.1) is 18.3 Å². The molecule has 0 atom stereocenters. The Kier molecular flexibility index (Phi) is 4.58. The summed E-state index contributed by atoms with van der Waals surface area (Å²) in [6.45, 7) is 2.88. The molecule has 2 rings (SSSR count). The molecule has 0 unspecified atom stereocenters. The molecule has 0 aliphatic rings. The van der Waals surface area contributed by atoms with Gasteiger partial charge in [-0.05, 0) is 43.0 Å². The molecule has 0 bridgehead atoms. The fraction of sp³-hybridized carbons (Fsp3) is 0.235. The van der Waals surface area contributed by atoms with Crippen molar-refractivity contribution in [3.05, 3.63) is 65.2 Å². The van der Waals surface area contributed by atoms with Gasteiger partial charge in [0.25, 0.3) is 0 Å². The molecule has 19 heavy (non-hydrogen) atoms. The Morgan fingerprint density at radius 1 is 1.11 bits per heavy atom. The fourth-order valence-corrected chi connectivity index (χ4v) is 2.06. The maximum Gasteiger partial charge on any atom is 0.101 e. The van der Waals surface area contributed by atoms with Gasteiger partial charge in [0.05, 0.1) is 11.3 Å². The van der Waals surface area contributed by atoms with Crippen molar-refractivity contribution in [1.82, 2.24) is 0 Å². The first-order valence-corrected chi connectivity index (χ1v) is 6.58. The summed E-state index contributed by atoms with van der Waals surface area (Å²) in [5.74, 6) is 0. The quantitative estimate of drug-likeness (QED) is 0.817. The van der Waals surface area contributed by atoms with E-state index in [1.54, 1.807) is 0 Å². The van der Waals surface area contributed by atoms with Gasteiger partial charge in [-0.25, -0.2) is 0 Å². The molecule has 2 nitrogen and oxygen atoms in total. The standard InChI is InChI=1S/C17H18N2/c1-14-9-10-17(16(12-14)13-18)19-11-5-8-15-6-3-2-4-7-15/h2-4,6-7,9-10,12,19H,5,8,11H2,1H3. The second kappa shape index (κ2) is 6.61. The third kappa shape index (κ3) is 3.86. The van der Waals surface area contributed by atoms with Gasteiger partial charge in [0, 0.05) is 6.54 Å². The second-order valence-electron chi connectivity index (χ2n) is 4.68. The summed E-state index contributed by atoms with van der Waals surface area (Å²) in [7, 11) is 0. The first-order chi connectivity index (χ1) is 9.29. The van der Waals surface area contributed by atoms with Gasteiger partial charge in [0.2, 0.25) is 0 Å². The van der Waals surface area contributed by atoms with Gasteiger partial charge in [-0.15, -0.1) is 0 Å². The molecule has 2 aromatic carbocycles. The minimum absolute atomic E-state index is 0.722. The summed E-state index contributed by atoms with van der Waals surface area (Å²) in [5.41, 5.74) is 4.13.